The van der Waals surface area contributed by atoms with E-state index in [0.717, 1.165) is 28.1 Å². The van der Waals surface area contributed by atoms with E-state index in [9.17, 15) is 4.79 Å². The first kappa shape index (κ1) is 14.4. The minimum Gasteiger partial charge on any atom is -0.293 e. The number of benzene rings is 2. The van der Waals surface area contributed by atoms with Crippen molar-refractivity contribution in [3.63, 3.8) is 0 Å². The van der Waals surface area contributed by atoms with E-state index in [-0.39, 0.29) is 12.4 Å². The summed E-state index contributed by atoms with van der Waals surface area (Å²) >= 11 is 0. The Kier molecular flexibility index (Phi) is 2.74. The molecule has 4 aromatic rings. The van der Waals surface area contributed by atoms with Crippen molar-refractivity contribution in [3.05, 3.63) is 64.6 Å². The van der Waals surface area contributed by atoms with Crippen molar-refractivity contribution in [2.45, 2.75) is 6.67 Å². The van der Waals surface area contributed by atoms with Gasteiger partial charge in [0.15, 0.2) is 0 Å². The van der Waals surface area contributed by atoms with Gasteiger partial charge in [-0.1, -0.05) is 29.5 Å². The van der Waals surface area contributed by atoms with Crippen LogP contribution in [-0.4, -0.2) is 48.3 Å². The van der Waals surface area contributed by atoms with Crippen LogP contribution in [0.3, 0.4) is 0 Å². The Hall–Kier alpha value is -3.75. The smallest absolute Gasteiger partial charge is 0.293 e. The number of hydrogen-bond donors (Lipinski definition) is 0. The summed E-state index contributed by atoms with van der Waals surface area (Å²) in [5, 5.41) is 12.9. The zero-order valence-corrected chi connectivity index (χ0v) is 14.2. The normalized spacial score (nSPS) is 14.8. The third kappa shape index (κ3) is 1.90. The summed E-state index contributed by atoms with van der Waals surface area (Å²) < 4.78 is 4.76. The lowest BCUT2D eigenvalue weighted by atomic mass is 10.1. The van der Waals surface area contributed by atoms with Crippen molar-refractivity contribution in [2.24, 2.45) is 4.99 Å². The molecule has 0 atom stereocenters. The van der Waals surface area contributed by atoms with E-state index in [1.807, 2.05) is 53.4 Å². The highest BCUT2D eigenvalue weighted by Crippen LogP contribution is 2.29. The van der Waals surface area contributed by atoms with Gasteiger partial charge in [-0.2, -0.15) is 4.68 Å². The van der Waals surface area contributed by atoms with Crippen LogP contribution in [0.1, 0.15) is 5.56 Å². The molecule has 0 unspecified atom stereocenters. The predicted octanol–water partition coefficient (Wildman–Crippen LogP) is 0.865. The molecule has 27 heavy (non-hydrogen) atoms. The molecule has 9 nitrogen and oxygen atoms in total. The van der Waals surface area contributed by atoms with E-state index in [2.05, 4.69) is 20.4 Å². The molecule has 9 heteroatoms. The molecule has 2 aromatic carbocycles. The van der Waals surface area contributed by atoms with Crippen molar-refractivity contribution in [1.82, 2.24) is 29.3 Å². The first-order chi connectivity index (χ1) is 13.3. The zero-order valence-electron chi connectivity index (χ0n) is 14.2. The Morgan fingerprint density at radius 2 is 1.85 bits per heavy atom. The van der Waals surface area contributed by atoms with Crippen LogP contribution >= 0.6 is 0 Å². The van der Waals surface area contributed by atoms with Gasteiger partial charge in [0.2, 0.25) is 5.95 Å². The van der Waals surface area contributed by atoms with Gasteiger partial charge in [-0.25, -0.2) is 14.0 Å². The van der Waals surface area contributed by atoms with Gasteiger partial charge in [0.25, 0.3) is 0 Å². The summed E-state index contributed by atoms with van der Waals surface area (Å²) in [6, 6.07) is 15.4. The molecule has 6 rings (SSSR count). The van der Waals surface area contributed by atoms with Crippen molar-refractivity contribution in [3.8, 4) is 5.69 Å². The van der Waals surface area contributed by atoms with Crippen molar-refractivity contribution < 1.29 is 0 Å². The van der Waals surface area contributed by atoms with Gasteiger partial charge < -0.3 is 0 Å². The van der Waals surface area contributed by atoms with Crippen LogP contribution in [0, 0.1) is 0 Å². The number of amidine groups is 1. The second-order valence-electron chi connectivity index (χ2n) is 6.51. The fourth-order valence-corrected chi connectivity index (χ4v) is 3.75. The lowest BCUT2D eigenvalue weighted by Gasteiger charge is -2.26. The highest BCUT2D eigenvalue weighted by atomic mass is 16.2. The Morgan fingerprint density at radius 1 is 1.00 bits per heavy atom. The Labute approximate surface area is 152 Å². The van der Waals surface area contributed by atoms with Crippen LogP contribution < -0.4 is 10.6 Å². The maximum absolute atomic E-state index is 13.2. The highest BCUT2D eigenvalue weighted by molar-refractivity contribution is 6.14. The van der Waals surface area contributed by atoms with Gasteiger partial charge in [-0.3, -0.25) is 9.89 Å². The monoisotopic (exact) mass is 358 g/mol. The van der Waals surface area contributed by atoms with Crippen molar-refractivity contribution in [2.75, 3.05) is 18.0 Å². The van der Waals surface area contributed by atoms with Gasteiger partial charge >= 0.3 is 5.69 Å². The lowest BCUT2D eigenvalue weighted by Crippen LogP contribution is -2.37. The van der Waals surface area contributed by atoms with Crippen LogP contribution in [-0.2, 0) is 6.67 Å². The zero-order chi connectivity index (χ0) is 18.0. The van der Waals surface area contributed by atoms with Gasteiger partial charge in [0.05, 0.1) is 17.7 Å². The molecule has 0 spiro atoms. The van der Waals surface area contributed by atoms with Crippen LogP contribution in [0.4, 0.5) is 5.95 Å². The summed E-state index contributed by atoms with van der Waals surface area (Å²) in [7, 11) is 0. The number of hydrogen-bond acceptors (Lipinski definition) is 6. The number of fused-ring (bicyclic) bond motifs is 7. The Bertz CT molecular complexity index is 1290. The molecule has 2 aliphatic heterocycles. The average molecular weight is 358 g/mol. The van der Waals surface area contributed by atoms with E-state index in [4.69, 9.17) is 0 Å². The van der Waals surface area contributed by atoms with Gasteiger partial charge in [0, 0.05) is 12.1 Å². The quantitative estimate of drug-likeness (QED) is 0.531. The molecule has 4 heterocycles. The molecule has 0 radical (unpaired) electrons. The molecule has 2 aliphatic rings. The van der Waals surface area contributed by atoms with E-state index in [1.54, 1.807) is 9.25 Å². The predicted molar refractivity (Wildman–Crippen MR) is 99.5 cm³/mol. The molecule has 0 N–H and O–H groups in total. The van der Waals surface area contributed by atoms with E-state index >= 15 is 0 Å². The summed E-state index contributed by atoms with van der Waals surface area (Å²) in [4.78, 5) is 19.8. The molecular formula is C18H14N8O. The fourth-order valence-electron chi connectivity index (χ4n) is 3.75. The van der Waals surface area contributed by atoms with Gasteiger partial charge in [-0.05, 0) is 24.3 Å². The molecule has 0 amide bonds. The fraction of sp³-hybridized carbons (Fsp3) is 0.167. The maximum atomic E-state index is 13.2. The molecule has 0 aliphatic carbocycles. The number of nitrogens with zero attached hydrogens (tertiary/aromatic N) is 8. The average Bonchev–Trinajstić information content (AvgIpc) is 3.41. The van der Waals surface area contributed by atoms with Crippen LogP contribution in [0.15, 0.2) is 58.3 Å². The summed E-state index contributed by atoms with van der Waals surface area (Å²) in [5.74, 6) is 1.47. The second-order valence-corrected chi connectivity index (χ2v) is 6.51. The summed E-state index contributed by atoms with van der Waals surface area (Å²) in [6.45, 7) is 1.60. The molecule has 0 saturated carbocycles. The summed E-state index contributed by atoms with van der Waals surface area (Å²) in [6.07, 6.45) is 0. The Balaban J connectivity index is 1.53. The van der Waals surface area contributed by atoms with Crippen LogP contribution in [0.5, 0.6) is 0 Å². The third-order valence-electron chi connectivity index (χ3n) is 4.98. The minimum atomic E-state index is -0.206. The first-order valence-electron chi connectivity index (χ1n) is 8.71. The van der Waals surface area contributed by atoms with Gasteiger partial charge in [-0.15, -0.1) is 10.2 Å². The second kappa shape index (κ2) is 5.13. The topological polar surface area (TPSA) is 86.1 Å². The number of aliphatic imine (C=N–C) groups is 1. The molecule has 0 fully saturated rings. The molecule has 132 valence electrons. The van der Waals surface area contributed by atoms with E-state index in [0.29, 0.717) is 19.0 Å². The summed E-state index contributed by atoms with van der Waals surface area (Å²) in [5.41, 5.74) is 3.20. The van der Waals surface area contributed by atoms with Gasteiger partial charge in [0.1, 0.15) is 18.0 Å². The van der Waals surface area contributed by atoms with Crippen molar-refractivity contribution >= 4 is 22.8 Å². The third-order valence-corrected chi connectivity index (χ3v) is 4.98. The van der Waals surface area contributed by atoms with Crippen LogP contribution in [0.2, 0.25) is 0 Å². The number of rotatable bonds is 2. The maximum Gasteiger partial charge on any atom is 0.353 e. The number of aromatic nitrogens is 6. The van der Waals surface area contributed by atoms with Crippen molar-refractivity contribution in [1.29, 1.82) is 0 Å². The molecule has 0 saturated heterocycles. The highest BCUT2D eigenvalue weighted by Gasteiger charge is 2.34. The number of para-hydroxylation sites is 2. The largest absolute Gasteiger partial charge is 0.353 e. The molecular weight excluding hydrogens is 344 g/mol. The minimum absolute atomic E-state index is 0.196. The Morgan fingerprint density at radius 3 is 2.81 bits per heavy atom. The SMILES string of the molecule is O=c1n(Cn2nnc3ccccc32)nc2n1-c1ccccc1C1=NCCN12. The standard InChI is InChI=1S/C18H14N8O/c27-18-25(11-24-15-8-4-2-6-13(15)20-22-24)21-17-23-10-9-19-16(23)12-5-1-3-7-14(12)26(17)18/h1-8H,9-11H2. The molecule has 0 bridgehead atoms. The lowest BCUT2D eigenvalue weighted by molar-refractivity contribution is 0.487. The van der Waals surface area contributed by atoms with E-state index < -0.39 is 0 Å². The van der Waals surface area contributed by atoms with E-state index in [1.165, 1.54) is 4.68 Å². The van der Waals surface area contributed by atoms with Crippen LogP contribution in [0.25, 0.3) is 16.7 Å². The number of anilines is 1. The molecule has 2 aromatic heterocycles. The first-order valence-corrected chi connectivity index (χ1v) is 8.71.